The first-order valence-corrected chi connectivity index (χ1v) is 5.40. The Hall–Kier alpha value is -1.12. The van der Waals surface area contributed by atoms with Gasteiger partial charge in [0, 0.05) is 0 Å². The SMILES string of the molecule is C=CCOCC(CC=C)(CC=C)OCC=C. The summed E-state index contributed by atoms with van der Waals surface area (Å²) in [5.41, 5.74) is -0.374. The topological polar surface area (TPSA) is 18.5 Å². The number of rotatable bonds is 11. The summed E-state index contributed by atoms with van der Waals surface area (Å²) in [6.45, 7) is 16.3. The lowest BCUT2D eigenvalue weighted by atomic mass is 9.96. The van der Waals surface area contributed by atoms with E-state index in [0.717, 1.165) is 12.8 Å². The second-order valence-corrected chi connectivity index (χ2v) is 3.57. The molecule has 0 unspecified atom stereocenters. The summed E-state index contributed by atoms with van der Waals surface area (Å²) >= 11 is 0. The van der Waals surface area contributed by atoms with Gasteiger partial charge < -0.3 is 9.47 Å². The summed E-state index contributed by atoms with van der Waals surface area (Å²) in [5, 5.41) is 0. The fourth-order valence-corrected chi connectivity index (χ4v) is 1.45. The van der Waals surface area contributed by atoms with Crippen molar-refractivity contribution < 1.29 is 9.47 Å². The van der Waals surface area contributed by atoms with E-state index < -0.39 is 0 Å². The van der Waals surface area contributed by atoms with Gasteiger partial charge in [-0.25, -0.2) is 0 Å². The van der Waals surface area contributed by atoms with Crippen molar-refractivity contribution in [2.24, 2.45) is 0 Å². The van der Waals surface area contributed by atoms with E-state index in [-0.39, 0.29) is 5.60 Å². The normalized spacial score (nSPS) is 10.8. The first kappa shape index (κ1) is 14.9. The fourth-order valence-electron chi connectivity index (χ4n) is 1.45. The van der Waals surface area contributed by atoms with Crippen LogP contribution >= 0.6 is 0 Å². The molecule has 2 heteroatoms. The molecule has 0 radical (unpaired) electrons. The predicted molar refractivity (Wildman–Crippen MR) is 69.5 cm³/mol. The molecule has 0 heterocycles. The molecule has 16 heavy (non-hydrogen) atoms. The van der Waals surface area contributed by atoms with Gasteiger partial charge in [-0.15, -0.1) is 26.3 Å². The molecule has 90 valence electrons. The highest BCUT2D eigenvalue weighted by Crippen LogP contribution is 2.22. The summed E-state index contributed by atoms with van der Waals surface area (Å²) in [6, 6.07) is 0. The van der Waals surface area contributed by atoms with Crippen molar-refractivity contribution in [3.05, 3.63) is 50.6 Å². The zero-order valence-electron chi connectivity index (χ0n) is 9.99. The van der Waals surface area contributed by atoms with Crippen LogP contribution in [0.2, 0.25) is 0 Å². The molecule has 0 saturated heterocycles. The standard InChI is InChI=1S/C14H22O2/c1-5-9-14(10-6-2,16-12-8-4)13-15-11-7-3/h5-8H,1-4,9-13H2. The molecule has 0 saturated carbocycles. The van der Waals surface area contributed by atoms with Crippen LogP contribution in [-0.4, -0.2) is 25.4 Å². The minimum absolute atomic E-state index is 0.374. The molecule has 0 bridgehead atoms. The maximum atomic E-state index is 5.79. The summed E-state index contributed by atoms with van der Waals surface area (Å²) < 4.78 is 11.3. The zero-order valence-corrected chi connectivity index (χ0v) is 9.99. The van der Waals surface area contributed by atoms with Gasteiger partial charge in [0.15, 0.2) is 0 Å². The lowest BCUT2D eigenvalue weighted by molar-refractivity contribution is -0.0805. The minimum atomic E-state index is -0.374. The first-order valence-electron chi connectivity index (χ1n) is 5.40. The molecular formula is C14H22O2. The van der Waals surface area contributed by atoms with Crippen LogP contribution in [0, 0.1) is 0 Å². The van der Waals surface area contributed by atoms with Crippen LogP contribution in [0.4, 0.5) is 0 Å². The number of hydrogen-bond acceptors (Lipinski definition) is 2. The van der Waals surface area contributed by atoms with Gasteiger partial charge in [-0.1, -0.05) is 24.3 Å². The zero-order chi connectivity index (χ0) is 12.3. The molecule has 0 aromatic carbocycles. The Morgan fingerprint density at radius 2 is 1.38 bits per heavy atom. The van der Waals surface area contributed by atoms with Crippen molar-refractivity contribution in [1.29, 1.82) is 0 Å². The predicted octanol–water partition coefficient (Wildman–Crippen LogP) is 3.28. The van der Waals surface area contributed by atoms with Gasteiger partial charge in [-0.2, -0.15) is 0 Å². The van der Waals surface area contributed by atoms with Crippen LogP contribution in [0.3, 0.4) is 0 Å². The highest BCUT2D eigenvalue weighted by atomic mass is 16.5. The Morgan fingerprint density at radius 1 is 0.812 bits per heavy atom. The summed E-state index contributed by atoms with van der Waals surface area (Å²) in [6.07, 6.45) is 8.58. The molecule has 0 rings (SSSR count). The molecule has 0 aliphatic heterocycles. The van der Waals surface area contributed by atoms with Crippen LogP contribution < -0.4 is 0 Å². The maximum Gasteiger partial charge on any atom is 0.0987 e. The Balaban J connectivity index is 4.46. The number of hydrogen-bond donors (Lipinski definition) is 0. The Morgan fingerprint density at radius 3 is 1.81 bits per heavy atom. The van der Waals surface area contributed by atoms with Gasteiger partial charge in [-0.3, -0.25) is 0 Å². The van der Waals surface area contributed by atoms with Gasteiger partial charge in [-0.05, 0) is 12.8 Å². The van der Waals surface area contributed by atoms with E-state index in [1.807, 2.05) is 12.2 Å². The van der Waals surface area contributed by atoms with Crippen molar-refractivity contribution in [2.75, 3.05) is 19.8 Å². The molecule has 0 aromatic rings. The molecule has 0 aliphatic rings. The highest BCUT2D eigenvalue weighted by Gasteiger charge is 2.28. The van der Waals surface area contributed by atoms with E-state index in [9.17, 15) is 0 Å². The fraction of sp³-hybridized carbons (Fsp3) is 0.429. The monoisotopic (exact) mass is 222 g/mol. The van der Waals surface area contributed by atoms with E-state index >= 15 is 0 Å². The van der Waals surface area contributed by atoms with Gasteiger partial charge >= 0.3 is 0 Å². The molecule has 0 amide bonds. The Kier molecular flexibility index (Phi) is 8.49. The molecule has 2 nitrogen and oxygen atoms in total. The van der Waals surface area contributed by atoms with E-state index in [1.54, 1.807) is 12.2 Å². The molecule has 0 aromatic heterocycles. The molecule has 0 spiro atoms. The van der Waals surface area contributed by atoms with Crippen molar-refractivity contribution >= 4 is 0 Å². The average Bonchev–Trinajstić information content (AvgIpc) is 2.27. The second-order valence-electron chi connectivity index (χ2n) is 3.57. The van der Waals surface area contributed by atoms with Crippen molar-refractivity contribution in [3.63, 3.8) is 0 Å². The van der Waals surface area contributed by atoms with E-state index in [1.165, 1.54) is 0 Å². The highest BCUT2D eigenvalue weighted by molar-refractivity contribution is 4.94. The van der Waals surface area contributed by atoms with E-state index in [0.29, 0.717) is 19.8 Å². The van der Waals surface area contributed by atoms with Gasteiger partial charge in [0.25, 0.3) is 0 Å². The minimum Gasteiger partial charge on any atom is -0.374 e. The molecule has 0 aliphatic carbocycles. The van der Waals surface area contributed by atoms with Crippen molar-refractivity contribution in [1.82, 2.24) is 0 Å². The largest absolute Gasteiger partial charge is 0.374 e. The van der Waals surface area contributed by atoms with Crippen LogP contribution in [0.1, 0.15) is 12.8 Å². The van der Waals surface area contributed by atoms with Crippen LogP contribution in [0.15, 0.2) is 50.6 Å². The Bertz CT molecular complexity index is 221. The molecular weight excluding hydrogens is 200 g/mol. The van der Waals surface area contributed by atoms with Gasteiger partial charge in [0.2, 0.25) is 0 Å². The first-order chi connectivity index (χ1) is 7.74. The van der Waals surface area contributed by atoms with Gasteiger partial charge in [0.1, 0.15) is 0 Å². The maximum absolute atomic E-state index is 5.79. The third kappa shape index (κ3) is 5.69. The summed E-state index contributed by atoms with van der Waals surface area (Å²) in [5.74, 6) is 0. The quantitative estimate of drug-likeness (QED) is 0.394. The third-order valence-electron chi connectivity index (χ3n) is 2.14. The molecule has 0 fully saturated rings. The lowest BCUT2D eigenvalue weighted by Crippen LogP contribution is -2.37. The lowest BCUT2D eigenvalue weighted by Gasteiger charge is -2.31. The Labute approximate surface area is 99.0 Å². The smallest absolute Gasteiger partial charge is 0.0987 e. The summed E-state index contributed by atoms with van der Waals surface area (Å²) in [4.78, 5) is 0. The van der Waals surface area contributed by atoms with Gasteiger partial charge in [0.05, 0.1) is 25.4 Å². The van der Waals surface area contributed by atoms with Crippen molar-refractivity contribution in [2.45, 2.75) is 18.4 Å². The van der Waals surface area contributed by atoms with E-state index in [4.69, 9.17) is 9.47 Å². The van der Waals surface area contributed by atoms with Crippen LogP contribution in [-0.2, 0) is 9.47 Å². The second kappa shape index (κ2) is 9.13. The summed E-state index contributed by atoms with van der Waals surface area (Å²) in [7, 11) is 0. The number of ether oxygens (including phenoxy) is 2. The van der Waals surface area contributed by atoms with Crippen molar-refractivity contribution in [3.8, 4) is 0 Å². The van der Waals surface area contributed by atoms with Crippen LogP contribution in [0.25, 0.3) is 0 Å². The average molecular weight is 222 g/mol. The van der Waals surface area contributed by atoms with Crippen LogP contribution in [0.5, 0.6) is 0 Å². The van der Waals surface area contributed by atoms with E-state index in [2.05, 4.69) is 26.3 Å². The molecule has 0 N–H and O–H groups in total. The third-order valence-corrected chi connectivity index (χ3v) is 2.14. The molecule has 0 atom stereocenters.